The normalized spacial score (nSPS) is 11.1. The van der Waals surface area contributed by atoms with Gasteiger partial charge in [-0.3, -0.25) is 4.40 Å². The summed E-state index contributed by atoms with van der Waals surface area (Å²) in [5.41, 5.74) is 6.31. The molecule has 0 amide bonds. The van der Waals surface area contributed by atoms with Crippen molar-refractivity contribution in [2.45, 2.75) is 11.4 Å². The number of hydrogen-bond donors (Lipinski definition) is 1. The molecular weight excluding hydrogens is 291 g/mol. The quantitative estimate of drug-likeness (QED) is 0.591. The molecule has 1 aromatic carbocycles. The van der Waals surface area contributed by atoms with Crippen molar-refractivity contribution >= 4 is 23.1 Å². The maximum atomic E-state index is 13.6. The van der Waals surface area contributed by atoms with Gasteiger partial charge in [0.15, 0.2) is 5.65 Å². The van der Waals surface area contributed by atoms with E-state index < -0.39 is 0 Å². The monoisotopic (exact) mass is 304 g/mol. The lowest BCUT2D eigenvalue weighted by atomic mass is 10.3. The van der Waals surface area contributed by atoms with Crippen LogP contribution in [-0.4, -0.2) is 19.9 Å². The lowest BCUT2D eigenvalue weighted by Gasteiger charge is -2.03. The number of thioether (sulfide) groups is 1. The third-order valence-electron chi connectivity index (χ3n) is 3.01. The number of nitrogens with zero attached hydrogens (tertiary/aromatic N) is 3. The minimum Gasteiger partial charge on any atom is -0.399 e. The Bertz CT molecular complexity index is 842. The Kier molecular flexibility index (Phi) is 3.66. The first-order chi connectivity index (χ1) is 10.1. The summed E-state index contributed by atoms with van der Waals surface area (Å²) in [5.74, 6) is 0.201. The molecule has 5 nitrogen and oxygen atoms in total. The van der Waals surface area contributed by atoms with Crippen molar-refractivity contribution in [2.75, 3.05) is 11.5 Å². The van der Waals surface area contributed by atoms with Crippen LogP contribution in [0, 0.1) is 5.82 Å². The average molecular weight is 304 g/mol. The molecule has 108 valence electrons. The largest absolute Gasteiger partial charge is 0.399 e. The number of aryl methyl sites for hydroxylation is 1. The second-order valence-corrected chi connectivity index (χ2v) is 5.61. The number of hydrogen-bond acceptors (Lipinski definition) is 4. The van der Waals surface area contributed by atoms with Crippen molar-refractivity contribution in [1.82, 2.24) is 14.2 Å². The molecule has 0 aliphatic heterocycles. The van der Waals surface area contributed by atoms with Gasteiger partial charge in [-0.1, -0.05) is 6.07 Å². The first-order valence-corrected chi connectivity index (χ1v) is 7.36. The van der Waals surface area contributed by atoms with E-state index in [-0.39, 0.29) is 11.5 Å². The zero-order chi connectivity index (χ0) is 14.8. The van der Waals surface area contributed by atoms with Gasteiger partial charge >= 0.3 is 5.69 Å². The fourth-order valence-electron chi connectivity index (χ4n) is 1.99. The Morgan fingerprint density at radius 1 is 1.29 bits per heavy atom. The number of fused-ring (bicyclic) bond motifs is 1. The molecule has 0 aliphatic carbocycles. The third kappa shape index (κ3) is 2.78. The zero-order valence-electron chi connectivity index (χ0n) is 11.1. The summed E-state index contributed by atoms with van der Waals surface area (Å²) in [6.07, 6.45) is 1.67. The van der Waals surface area contributed by atoms with Gasteiger partial charge in [0.1, 0.15) is 5.82 Å². The summed E-state index contributed by atoms with van der Waals surface area (Å²) < 4.78 is 16.5. The van der Waals surface area contributed by atoms with Crippen molar-refractivity contribution < 1.29 is 4.39 Å². The number of halogens is 1. The maximum absolute atomic E-state index is 13.6. The van der Waals surface area contributed by atoms with Crippen LogP contribution in [0.5, 0.6) is 0 Å². The predicted molar refractivity (Wildman–Crippen MR) is 81.0 cm³/mol. The van der Waals surface area contributed by atoms with Crippen molar-refractivity contribution in [1.29, 1.82) is 0 Å². The highest BCUT2D eigenvalue weighted by molar-refractivity contribution is 7.99. The van der Waals surface area contributed by atoms with Crippen LogP contribution >= 0.6 is 11.8 Å². The molecule has 3 rings (SSSR count). The van der Waals surface area contributed by atoms with Crippen LogP contribution in [0.15, 0.2) is 52.3 Å². The lowest BCUT2D eigenvalue weighted by Crippen LogP contribution is -2.21. The minimum absolute atomic E-state index is 0.191. The summed E-state index contributed by atoms with van der Waals surface area (Å²) in [7, 11) is 0. The topological polar surface area (TPSA) is 65.3 Å². The molecule has 0 aliphatic rings. The van der Waals surface area contributed by atoms with Crippen LogP contribution in [0.2, 0.25) is 0 Å². The average Bonchev–Trinajstić information content (AvgIpc) is 2.79. The molecule has 0 radical (unpaired) electrons. The molecule has 2 N–H and O–H groups in total. The van der Waals surface area contributed by atoms with Gasteiger partial charge in [-0.05, 0) is 30.3 Å². The Hall–Kier alpha value is -2.28. The highest BCUT2D eigenvalue weighted by Gasteiger charge is 2.07. The number of anilines is 1. The first kappa shape index (κ1) is 13.7. The van der Waals surface area contributed by atoms with Crippen LogP contribution in [0.1, 0.15) is 0 Å². The molecule has 3 aromatic rings. The Morgan fingerprint density at radius 2 is 2.14 bits per heavy atom. The smallest absolute Gasteiger partial charge is 0.350 e. The molecule has 0 unspecified atom stereocenters. The second-order valence-electron chi connectivity index (χ2n) is 4.47. The Labute approximate surface area is 124 Å². The summed E-state index contributed by atoms with van der Waals surface area (Å²) in [4.78, 5) is 12.6. The van der Waals surface area contributed by atoms with E-state index >= 15 is 0 Å². The molecular formula is C14H13FN4OS. The fourth-order valence-corrected chi connectivity index (χ4v) is 2.84. The van der Waals surface area contributed by atoms with E-state index in [2.05, 4.69) is 5.10 Å². The summed E-state index contributed by atoms with van der Waals surface area (Å²) >= 11 is 1.33. The summed E-state index contributed by atoms with van der Waals surface area (Å²) in [6.45, 7) is 0.412. The van der Waals surface area contributed by atoms with Gasteiger partial charge in [0.2, 0.25) is 0 Å². The molecule has 2 aromatic heterocycles. The van der Waals surface area contributed by atoms with Crippen LogP contribution in [-0.2, 0) is 6.54 Å². The molecule has 0 bridgehead atoms. The van der Waals surface area contributed by atoms with Crippen LogP contribution in [0.3, 0.4) is 0 Å². The predicted octanol–water partition coefficient (Wildman–Crippen LogP) is 2.01. The van der Waals surface area contributed by atoms with E-state index in [0.29, 0.717) is 28.5 Å². The molecule has 0 saturated carbocycles. The number of benzene rings is 1. The second kappa shape index (κ2) is 5.61. The van der Waals surface area contributed by atoms with Crippen LogP contribution in [0.4, 0.5) is 10.1 Å². The van der Waals surface area contributed by atoms with Gasteiger partial charge in [-0.15, -0.1) is 16.9 Å². The van der Waals surface area contributed by atoms with E-state index in [4.69, 9.17) is 5.73 Å². The van der Waals surface area contributed by atoms with Crippen molar-refractivity contribution in [3.05, 3.63) is 58.9 Å². The molecule has 0 saturated heterocycles. The minimum atomic E-state index is -0.345. The van der Waals surface area contributed by atoms with Gasteiger partial charge in [-0.2, -0.15) is 0 Å². The number of pyridine rings is 1. The molecule has 2 heterocycles. The fraction of sp³-hybridized carbons (Fsp3) is 0.143. The van der Waals surface area contributed by atoms with E-state index in [9.17, 15) is 9.18 Å². The van der Waals surface area contributed by atoms with Gasteiger partial charge in [0, 0.05) is 22.5 Å². The SMILES string of the molecule is Nc1ccc(SCCn2nc3ccccn3c2=O)c(F)c1. The van der Waals surface area contributed by atoms with Gasteiger partial charge in [0.05, 0.1) is 6.54 Å². The Balaban J connectivity index is 1.72. The first-order valence-electron chi connectivity index (χ1n) is 6.37. The Morgan fingerprint density at radius 3 is 2.90 bits per heavy atom. The summed E-state index contributed by atoms with van der Waals surface area (Å²) in [5, 5.41) is 4.22. The summed E-state index contributed by atoms with van der Waals surface area (Å²) in [6, 6.07) is 9.96. The number of nitrogens with two attached hydrogens (primary N) is 1. The molecule has 0 atom stereocenters. The zero-order valence-corrected chi connectivity index (χ0v) is 11.9. The lowest BCUT2D eigenvalue weighted by molar-refractivity contribution is 0.601. The molecule has 21 heavy (non-hydrogen) atoms. The highest BCUT2D eigenvalue weighted by Crippen LogP contribution is 2.23. The highest BCUT2D eigenvalue weighted by atomic mass is 32.2. The van der Waals surface area contributed by atoms with Crippen molar-refractivity contribution in [3.8, 4) is 0 Å². The van der Waals surface area contributed by atoms with Gasteiger partial charge < -0.3 is 5.73 Å². The van der Waals surface area contributed by atoms with Gasteiger partial charge in [-0.25, -0.2) is 13.9 Å². The van der Waals surface area contributed by atoms with Crippen LogP contribution < -0.4 is 11.4 Å². The van der Waals surface area contributed by atoms with E-state index in [1.807, 2.05) is 6.07 Å². The number of rotatable bonds is 4. The third-order valence-corrected chi connectivity index (χ3v) is 4.03. The van der Waals surface area contributed by atoms with Crippen LogP contribution in [0.25, 0.3) is 5.65 Å². The standard InChI is InChI=1S/C14H13FN4OS/c15-11-9-10(16)4-5-12(11)21-8-7-19-14(20)18-6-2-1-3-13(18)17-19/h1-6,9H,7-8,16H2. The van der Waals surface area contributed by atoms with Crippen molar-refractivity contribution in [3.63, 3.8) is 0 Å². The number of aromatic nitrogens is 3. The van der Waals surface area contributed by atoms with E-state index in [1.54, 1.807) is 30.5 Å². The van der Waals surface area contributed by atoms with E-state index in [1.165, 1.54) is 26.9 Å². The number of nitrogen functional groups attached to an aromatic ring is 1. The molecule has 0 fully saturated rings. The maximum Gasteiger partial charge on any atom is 0.350 e. The molecule has 0 spiro atoms. The van der Waals surface area contributed by atoms with Gasteiger partial charge in [0.25, 0.3) is 0 Å². The molecule has 7 heteroatoms. The van der Waals surface area contributed by atoms with Crippen molar-refractivity contribution in [2.24, 2.45) is 0 Å². The van der Waals surface area contributed by atoms with E-state index in [0.717, 1.165) is 0 Å².